The molecule has 94 valence electrons. The molecule has 0 unspecified atom stereocenters. The van der Waals surface area contributed by atoms with Crippen molar-refractivity contribution < 1.29 is 24.5 Å². The topological polar surface area (TPSA) is 102 Å². The Bertz CT molecular complexity index is 239. The summed E-state index contributed by atoms with van der Waals surface area (Å²) < 4.78 is 9.98. The molecular formula is C10H19NO5. The van der Waals surface area contributed by atoms with Gasteiger partial charge in [0.2, 0.25) is 0 Å². The highest BCUT2D eigenvalue weighted by Crippen LogP contribution is 2.33. The number of aliphatic hydroxyl groups excluding tert-OH is 2. The van der Waals surface area contributed by atoms with Crippen molar-refractivity contribution in [2.45, 2.75) is 37.0 Å². The van der Waals surface area contributed by atoms with Crippen molar-refractivity contribution in [3.8, 4) is 0 Å². The lowest BCUT2D eigenvalue weighted by molar-refractivity contribution is -0.148. The van der Waals surface area contributed by atoms with E-state index < -0.39 is 30.3 Å². The van der Waals surface area contributed by atoms with Crippen molar-refractivity contribution in [2.24, 2.45) is 5.73 Å². The van der Waals surface area contributed by atoms with Gasteiger partial charge in [0.1, 0.15) is 12.1 Å². The smallest absolute Gasteiger partial charge is 0.322 e. The van der Waals surface area contributed by atoms with Crippen LogP contribution >= 0.6 is 0 Å². The summed E-state index contributed by atoms with van der Waals surface area (Å²) in [7, 11) is 1.26. The van der Waals surface area contributed by atoms with E-state index in [2.05, 4.69) is 4.74 Å². The van der Waals surface area contributed by atoms with Crippen LogP contribution in [-0.4, -0.2) is 54.3 Å². The standard InChI is InChI=1S/C10H19NO5/c1-15-9(14)7(11)5-10(8(13)6-12)3-2-4-16-10/h7-8,12-13H,2-6,11H2,1H3/t7-,8-,10-/m0/s1. The Morgan fingerprint density at radius 3 is 2.81 bits per heavy atom. The van der Waals surface area contributed by atoms with Crippen LogP contribution in [0.2, 0.25) is 0 Å². The maximum Gasteiger partial charge on any atom is 0.322 e. The summed E-state index contributed by atoms with van der Waals surface area (Å²) in [6, 6.07) is -0.843. The van der Waals surface area contributed by atoms with Gasteiger partial charge in [0.05, 0.1) is 19.3 Å². The molecule has 3 atom stereocenters. The van der Waals surface area contributed by atoms with Crippen molar-refractivity contribution in [3.63, 3.8) is 0 Å². The third-order valence-corrected chi connectivity index (χ3v) is 2.98. The number of carbonyl (C=O) groups is 1. The van der Waals surface area contributed by atoms with E-state index in [1.165, 1.54) is 7.11 Å². The van der Waals surface area contributed by atoms with Gasteiger partial charge in [0.25, 0.3) is 0 Å². The van der Waals surface area contributed by atoms with E-state index in [0.29, 0.717) is 13.0 Å². The van der Waals surface area contributed by atoms with E-state index in [4.69, 9.17) is 15.6 Å². The van der Waals surface area contributed by atoms with Gasteiger partial charge >= 0.3 is 5.97 Å². The third-order valence-electron chi connectivity index (χ3n) is 2.98. The molecular weight excluding hydrogens is 214 g/mol. The maximum atomic E-state index is 11.2. The molecule has 1 aliphatic rings. The zero-order valence-corrected chi connectivity index (χ0v) is 9.39. The summed E-state index contributed by atoms with van der Waals surface area (Å²) in [6.45, 7) is 0.0961. The van der Waals surface area contributed by atoms with Gasteiger partial charge in [-0.15, -0.1) is 0 Å². The van der Waals surface area contributed by atoms with Crippen molar-refractivity contribution >= 4 is 5.97 Å². The van der Waals surface area contributed by atoms with Crippen molar-refractivity contribution in [1.82, 2.24) is 0 Å². The van der Waals surface area contributed by atoms with Crippen LogP contribution in [0.4, 0.5) is 0 Å². The monoisotopic (exact) mass is 233 g/mol. The SMILES string of the molecule is COC(=O)[C@@H](N)C[C@]1([C@@H](O)CO)CCCO1. The Hall–Kier alpha value is -0.690. The zero-order valence-electron chi connectivity index (χ0n) is 9.39. The van der Waals surface area contributed by atoms with Gasteiger partial charge in [-0.3, -0.25) is 4.79 Å². The number of esters is 1. The zero-order chi connectivity index (χ0) is 12.2. The molecule has 1 fully saturated rings. The number of carbonyl (C=O) groups excluding carboxylic acids is 1. The summed E-state index contributed by atoms with van der Waals surface area (Å²) in [6.07, 6.45) is 0.497. The summed E-state index contributed by atoms with van der Waals surface area (Å²) in [5, 5.41) is 18.7. The fourth-order valence-corrected chi connectivity index (χ4v) is 2.05. The molecule has 1 rings (SSSR count). The first-order chi connectivity index (χ1) is 7.55. The molecule has 0 aromatic carbocycles. The van der Waals surface area contributed by atoms with Crippen LogP contribution in [0.1, 0.15) is 19.3 Å². The second-order valence-electron chi connectivity index (χ2n) is 4.05. The number of aliphatic hydroxyl groups is 2. The molecule has 0 aromatic heterocycles. The van der Waals surface area contributed by atoms with Gasteiger partial charge < -0.3 is 25.4 Å². The van der Waals surface area contributed by atoms with Crippen molar-refractivity contribution in [3.05, 3.63) is 0 Å². The average molecular weight is 233 g/mol. The molecule has 0 aliphatic carbocycles. The van der Waals surface area contributed by atoms with E-state index in [0.717, 1.165) is 6.42 Å². The van der Waals surface area contributed by atoms with Gasteiger partial charge in [0.15, 0.2) is 0 Å². The van der Waals surface area contributed by atoms with Gasteiger partial charge in [-0.2, -0.15) is 0 Å². The largest absolute Gasteiger partial charge is 0.468 e. The molecule has 6 nitrogen and oxygen atoms in total. The lowest BCUT2D eigenvalue weighted by atomic mass is 9.87. The number of nitrogens with two attached hydrogens (primary N) is 1. The molecule has 0 bridgehead atoms. The lowest BCUT2D eigenvalue weighted by Crippen LogP contribution is -2.50. The van der Waals surface area contributed by atoms with Gasteiger partial charge in [-0.1, -0.05) is 0 Å². The van der Waals surface area contributed by atoms with E-state index >= 15 is 0 Å². The van der Waals surface area contributed by atoms with Gasteiger partial charge in [0, 0.05) is 13.0 Å². The first-order valence-electron chi connectivity index (χ1n) is 5.32. The Morgan fingerprint density at radius 2 is 2.38 bits per heavy atom. The van der Waals surface area contributed by atoms with Crippen molar-refractivity contribution in [2.75, 3.05) is 20.3 Å². The van der Waals surface area contributed by atoms with Crippen LogP contribution in [0, 0.1) is 0 Å². The third kappa shape index (κ3) is 2.70. The Kier molecular flexibility index (Phi) is 4.67. The quantitative estimate of drug-likeness (QED) is 0.514. The minimum Gasteiger partial charge on any atom is -0.468 e. The lowest BCUT2D eigenvalue weighted by Gasteiger charge is -2.33. The number of methoxy groups -OCH3 is 1. The Morgan fingerprint density at radius 1 is 1.69 bits per heavy atom. The molecule has 4 N–H and O–H groups in total. The summed E-state index contributed by atoms with van der Waals surface area (Å²) >= 11 is 0. The molecule has 0 aromatic rings. The van der Waals surface area contributed by atoms with E-state index in [1.54, 1.807) is 0 Å². The first-order valence-corrected chi connectivity index (χ1v) is 5.32. The highest BCUT2D eigenvalue weighted by Gasteiger charge is 2.44. The van der Waals surface area contributed by atoms with Crippen LogP contribution in [0.3, 0.4) is 0 Å². The molecule has 1 heterocycles. The summed E-state index contributed by atoms with van der Waals surface area (Å²) in [5.41, 5.74) is 4.72. The highest BCUT2D eigenvalue weighted by atomic mass is 16.5. The van der Waals surface area contributed by atoms with Crippen LogP contribution < -0.4 is 5.73 Å². The van der Waals surface area contributed by atoms with Crippen LogP contribution in [0.5, 0.6) is 0 Å². The summed E-state index contributed by atoms with van der Waals surface area (Å²) in [5.74, 6) is -0.542. The predicted molar refractivity (Wildman–Crippen MR) is 55.6 cm³/mol. The predicted octanol–water partition coefficient (Wildman–Crippen LogP) is -1.22. The molecule has 16 heavy (non-hydrogen) atoms. The molecule has 1 saturated heterocycles. The van der Waals surface area contributed by atoms with E-state index in [-0.39, 0.29) is 6.42 Å². The highest BCUT2D eigenvalue weighted by molar-refractivity contribution is 5.75. The molecule has 1 aliphatic heterocycles. The van der Waals surface area contributed by atoms with Crippen LogP contribution in [-0.2, 0) is 14.3 Å². The first kappa shape index (κ1) is 13.4. The minimum absolute atomic E-state index is 0.154. The average Bonchev–Trinajstić information content (AvgIpc) is 2.76. The second-order valence-corrected chi connectivity index (χ2v) is 4.05. The fraction of sp³-hybridized carbons (Fsp3) is 0.900. The number of rotatable bonds is 5. The maximum absolute atomic E-state index is 11.2. The molecule has 0 saturated carbocycles. The van der Waals surface area contributed by atoms with Gasteiger partial charge in [-0.05, 0) is 12.8 Å². The van der Waals surface area contributed by atoms with Gasteiger partial charge in [-0.25, -0.2) is 0 Å². The van der Waals surface area contributed by atoms with Crippen molar-refractivity contribution in [1.29, 1.82) is 0 Å². The normalized spacial score (nSPS) is 28.8. The second kappa shape index (κ2) is 5.58. The molecule has 6 heteroatoms. The molecule has 0 radical (unpaired) electrons. The minimum atomic E-state index is -1.02. The molecule has 0 spiro atoms. The Labute approximate surface area is 94.3 Å². The van der Waals surface area contributed by atoms with Crippen LogP contribution in [0.25, 0.3) is 0 Å². The molecule has 0 amide bonds. The number of ether oxygens (including phenoxy) is 2. The summed E-state index contributed by atoms with van der Waals surface area (Å²) in [4.78, 5) is 11.2. The van der Waals surface area contributed by atoms with E-state index in [9.17, 15) is 9.90 Å². The number of hydrogen-bond acceptors (Lipinski definition) is 6. The van der Waals surface area contributed by atoms with Crippen LogP contribution in [0.15, 0.2) is 0 Å². The number of hydrogen-bond donors (Lipinski definition) is 3. The van der Waals surface area contributed by atoms with E-state index in [1.807, 2.05) is 0 Å². The Balaban J connectivity index is 2.68. The fourth-order valence-electron chi connectivity index (χ4n) is 2.05.